The number of morpholine rings is 1. The van der Waals surface area contributed by atoms with E-state index in [0.717, 1.165) is 54.7 Å². The highest BCUT2D eigenvalue weighted by atomic mass is 35.5. The van der Waals surface area contributed by atoms with E-state index in [9.17, 15) is 0 Å². The van der Waals surface area contributed by atoms with E-state index in [1.807, 2.05) is 18.2 Å². The molecule has 0 aromatic heterocycles. The van der Waals surface area contributed by atoms with Crippen molar-refractivity contribution in [1.82, 2.24) is 10.2 Å². The summed E-state index contributed by atoms with van der Waals surface area (Å²) in [4.78, 5) is 2.31. The Hall–Kier alpha value is -0.320. The van der Waals surface area contributed by atoms with Gasteiger partial charge in [0.05, 0.1) is 12.7 Å². The lowest BCUT2D eigenvalue weighted by atomic mass is 9.99. The highest BCUT2D eigenvalue weighted by Gasteiger charge is 2.27. The number of hydrogen-bond donors (Lipinski definition) is 1. The molecule has 2 rings (SSSR count). The third-order valence-electron chi connectivity index (χ3n) is 3.85. The SMILES string of the molecule is CCCNC(Cc1cc(Cl)ccc1Cl)C1CN(C)CCO1. The van der Waals surface area contributed by atoms with E-state index in [4.69, 9.17) is 27.9 Å². The van der Waals surface area contributed by atoms with Crippen LogP contribution in [-0.2, 0) is 11.2 Å². The van der Waals surface area contributed by atoms with Gasteiger partial charge >= 0.3 is 0 Å². The van der Waals surface area contributed by atoms with Crippen LogP contribution in [0, 0.1) is 0 Å². The van der Waals surface area contributed by atoms with Crippen molar-refractivity contribution in [2.45, 2.75) is 31.9 Å². The number of nitrogens with one attached hydrogen (secondary N) is 1. The van der Waals surface area contributed by atoms with Crippen molar-refractivity contribution in [3.8, 4) is 0 Å². The van der Waals surface area contributed by atoms with Gasteiger partial charge in [-0.25, -0.2) is 0 Å². The van der Waals surface area contributed by atoms with E-state index >= 15 is 0 Å². The number of likely N-dealkylation sites (N-methyl/N-ethyl adjacent to an activating group) is 1. The van der Waals surface area contributed by atoms with Crippen molar-refractivity contribution >= 4 is 23.2 Å². The topological polar surface area (TPSA) is 24.5 Å². The Morgan fingerprint density at radius 3 is 2.95 bits per heavy atom. The van der Waals surface area contributed by atoms with E-state index in [1.54, 1.807) is 0 Å². The molecule has 1 aliphatic heterocycles. The molecular weight excluding hydrogens is 307 g/mol. The van der Waals surface area contributed by atoms with Gasteiger partial charge in [0.1, 0.15) is 0 Å². The van der Waals surface area contributed by atoms with Crippen LogP contribution in [0.5, 0.6) is 0 Å². The zero-order valence-electron chi connectivity index (χ0n) is 12.7. The zero-order chi connectivity index (χ0) is 15.2. The minimum atomic E-state index is 0.186. The molecule has 3 nitrogen and oxygen atoms in total. The molecule has 0 radical (unpaired) electrons. The van der Waals surface area contributed by atoms with Gasteiger partial charge in [-0.3, -0.25) is 0 Å². The molecule has 1 saturated heterocycles. The van der Waals surface area contributed by atoms with Crippen LogP contribution < -0.4 is 5.32 Å². The lowest BCUT2D eigenvalue weighted by Gasteiger charge is -2.36. The lowest BCUT2D eigenvalue weighted by Crippen LogP contribution is -2.52. The fourth-order valence-electron chi connectivity index (χ4n) is 2.66. The summed E-state index contributed by atoms with van der Waals surface area (Å²) in [7, 11) is 2.14. The normalized spacial score (nSPS) is 21.4. The Morgan fingerprint density at radius 1 is 1.43 bits per heavy atom. The summed E-state index contributed by atoms with van der Waals surface area (Å²) in [5, 5.41) is 5.10. The Kier molecular flexibility index (Phi) is 6.77. The maximum absolute atomic E-state index is 6.30. The van der Waals surface area contributed by atoms with Crippen LogP contribution in [0.4, 0.5) is 0 Å². The minimum absolute atomic E-state index is 0.186. The summed E-state index contributed by atoms with van der Waals surface area (Å²) in [6.45, 7) is 5.87. The van der Waals surface area contributed by atoms with Crippen LogP contribution in [0.15, 0.2) is 18.2 Å². The molecule has 0 amide bonds. The van der Waals surface area contributed by atoms with E-state index in [1.165, 1.54) is 0 Å². The molecule has 21 heavy (non-hydrogen) atoms. The molecule has 0 bridgehead atoms. The highest BCUT2D eigenvalue weighted by Crippen LogP contribution is 2.23. The number of benzene rings is 1. The van der Waals surface area contributed by atoms with Gasteiger partial charge in [0.25, 0.3) is 0 Å². The molecule has 118 valence electrons. The van der Waals surface area contributed by atoms with Gasteiger partial charge < -0.3 is 15.0 Å². The van der Waals surface area contributed by atoms with Crippen LogP contribution >= 0.6 is 23.2 Å². The zero-order valence-corrected chi connectivity index (χ0v) is 14.3. The largest absolute Gasteiger partial charge is 0.374 e. The van der Waals surface area contributed by atoms with Crippen LogP contribution in [0.1, 0.15) is 18.9 Å². The molecule has 1 fully saturated rings. The van der Waals surface area contributed by atoms with Crippen LogP contribution in [0.3, 0.4) is 0 Å². The minimum Gasteiger partial charge on any atom is -0.374 e. The summed E-state index contributed by atoms with van der Waals surface area (Å²) >= 11 is 12.4. The Morgan fingerprint density at radius 2 is 2.24 bits per heavy atom. The molecule has 1 N–H and O–H groups in total. The van der Waals surface area contributed by atoms with Crippen molar-refractivity contribution in [1.29, 1.82) is 0 Å². The molecule has 0 saturated carbocycles. The van der Waals surface area contributed by atoms with E-state index in [-0.39, 0.29) is 12.1 Å². The number of hydrogen-bond acceptors (Lipinski definition) is 3. The monoisotopic (exact) mass is 330 g/mol. The van der Waals surface area contributed by atoms with E-state index < -0.39 is 0 Å². The maximum Gasteiger partial charge on any atom is 0.0858 e. The lowest BCUT2D eigenvalue weighted by molar-refractivity contribution is -0.0383. The third kappa shape index (κ3) is 5.11. The smallest absolute Gasteiger partial charge is 0.0858 e. The standard InChI is InChI=1S/C16H24Cl2N2O/c1-3-6-19-15(16-11-20(2)7-8-21-16)10-12-9-13(17)4-5-14(12)18/h4-5,9,15-16,19H,3,6-8,10-11H2,1-2H3. The van der Waals surface area contributed by atoms with E-state index in [2.05, 4.69) is 24.2 Å². The molecule has 1 aromatic carbocycles. The maximum atomic E-state index is 6.30. The quantitative estimate of drug-likeness (QED) is 0.866. The van der Waals surface area contributed by atoms with Crippen LogP contribution in [-0.4, -0.2) is 50.3 Å². The predicted octanol–water partition coefficient (Wildman–Crippen LogP) is 3.23. The highest BCUT2D eigenvalue weighted by molar-refractivity contribution is 6.33. The second-order valence-electron chi connectivity index (χ2n) is 5.67. The molecule has 2 unspecified atom stereocenters. The summed E-state index contributed by atoms with van der Waals surface area (Å²) in [5.41, 5.74) is 1.08. The fourth-order valence-corrected chi connectivity index (χ4v) is 3.05. The van der Waals surface area contributed by atoms with Gasteiger partial charge in [-0.2, -0.15) is 0 Å². The Bertz CT molecular complexity index is 456. The number of rotatable bonds is 6. The van der Waals surface area contributed by atoms with Crippen LogP contribution in [0.2, 0.25) is 10.0 Å². The average Bonchev–Trinajstić information content (AvgIpc) is 2.47. The Balaban J connectivity index is 2.09. The Labute approximate surface area is 137 Å². The van der Waals surface area contributed by atoms with Crippen molar-refractivity contribution in [2.24, 2.45) is 0 Å². The van der Waals surface area contributed by atoms with Crippen molar-refractivity contribution in [2.75, 3.05) is 33.3 Å². The second-order valence-corrected chi connectivity index (χ2v) is 6.52. The number of nitrogens with zero attached hydrogens (tertiary/aromatic N) is 1. The molecule has 0 aliphatic carbocycles. The third-order valence-corrected chi connectivity index (χ3v) is 4.45. The second kappa shape index (κ2) is 8.35. The van der Waals surface area contributed by atoms with Gasteiger partial charge in [-0.05, 0) is 50.2 Å². The predicted molar refractivity (Wildman–Crippen MR) is 89.5 cm³/mol. The first kappa shape index (κ1) is 17.0. The number of halogens is 2. The fraction of sp³-hybridized carbons (Fsp3) is 0.625. The molecular formula is C16H24Cl2N2O. The summed E-state index contributed by atoms with van der Waals surface area (Å²) < 4.78 is 5.97. The van der Waals surface area contributed by atoms with Gasteiger partial charge in [0.15, 0.2) is 0 Å². The first-order chi connectivity index (χ1) is 10.1. The van der Waals surface area contributed by atoms with Gasteiger partial charge in [-0.1, -0.05) is 30.1 Å². The van der Waals surface area contributed by atoms with E-state index in [0.29, 0.717) is 0 Å². The first-order valence-electron chi connectivity index (χ1n) is 7.57. The average molecular weight is 331 g/mol. The van der Waals surface area contributed by atoms with Crippen molar-refractivity contribution < 1.29 is 4.74 Å². The molecule has 5 heteroatoms. The molecule has 1 aromatic rings. The first-order valence-corrected chi connectivity index (χ1v) is 8.33. The van der Waals surface area contributed by atoms with Crippen molar-refractivity contribution in [3.63, 3.8) is 0 Å². The molecule has 1 aliphatic rings. The number of ether oxygens (including phenoxy) is 1. The molecule has 0 spiro atoms. The van der Waals surface area contributed by atoms with Gasteiger partial charge in [0, 0.05) is 29.2 Å². The van der Waals surface area contributed by atoms with Crippen molar-refractivity contribution in [3.05, 3.63) is 33.8 Å². The summed E-state index contributed by atoms with van der Waals surface area (Å²) in [5.74, 6) is 0. The van der Waals surface area contributed by atoms with Gasteiger partial charge in [0.2, 0.25) is 0 Å². The molecule has 1 heterocycles. The van der Waals surface area contributed by atoms with Crippen LogP contribution in [0.25, 0.3) is 0 Å². The summed E-state index contributed by atoms with van der Waals surface area (Å²) in [6.07, 6.45) is 2.12. The molecule has 2 atom stereocenters. The summed E-state index contributed by atoms with van der Waals surface area (Å²) in [6, 6.07) is 5.90. The van der Waals surface area contributed by atoms with Gasteiger partial charge in [-0.15, -0.1) is 0 Å².